The third-order valence-electron chi connectivity index (χ3n) is 4.26. The van der Waals surface area contributed by atoms with Gasteiger partial charge < -0.3 is 5.32 Å². The van der Waals surface area contributed by atoms with Crippen molar-refractivity contribution in [2.24, 2.45) is 5.41 Å². The summed E-state index contributed by atoms with van der Waals surface area (Å²) in [7, 11) is 0. The second-order valence-corrected chi connectivity index (χ2v) is 7.15. The van der Waals surface area contributed by atoms with Crippen molar-refractivity contribution >= 4 is 11.3 Å². The van der Waals surface area contributed by atoms with E-state index in [1.165, 1.54) is 47.5 Å². The topological polar surface area (TPSA) is 12.0 Å². The molecule has 0 spiro atoms. The summed E-state index contributed by atoms with van der Waals surface area (Å²) in [5.74, 6) is 0. The van der Waals surface area contributed by atoms with Gasteiger partial charge >= 0.3 is 0 Å². The van der Waals surface area contributed by atoms with E-state index in [9.17, 15) is 0 Å². The second-order valence-electron chi connectivity index (χ2n) is 5.99. The lowest BCUT2D eigenvalue weighted by Crippen LogP contribution is -2.23. The molecule has 1 saturated carbocycles. The fourth-order valence-electron chi connectivity index (χ4n) is 2.90. The zero-order valence-electron chi connectivity index (χ0n) is 12.2. The molecule has 2 aromatic rings. The van der Waals surface area contributed by atoms with Crippen molar-refractivity contribution in [3.8, 4) is 10.4 Å². The van der Waals surface area contributed by atoms with Crippen molar-refractivity contribution in [1.29, 1.82) is 0 Å². The van der Waals surface area contributed by atoms with E-state index in [-0.39, 0.29) is 0 Å². The van der Waals surface area contributed by atoms with Gasteiger partial charge in [-0.25, -0.2) is 0 Å². The zero-order valence-corrected chi connectivity index (χ0v) is 13.0. The Morgan fingerprint density at radius 3 is 2.60 bits per heavy atom. The van der Waals surface area contributed by atoms with Crippen LogP contribution in [0.15, 0.2) is 42.5 Å². The van der Waals surface area contributed by atoms with Crippen molar-refractivity contribution in [3.63, 3.8) is 0 Å². The normalized spacial score (nSPS) is 16.2. The smallest absolute Gasteiger partial charge is 0.0346 e. The largest absolute Gasteiger partial charge is 0.311 e. The van der Waals surface area contributed by atoms with Gasteiger partial charge in [-0.15, -0.1) is 11.3 Å². The van der Waals surface area contributed by atoms with Gasteiger partial charge in [0, 0.05) is 22.8 Å². The average Bonchev–Trinajstić information content (AvgIpc) is 3.07. The van der Waals surface area contributed by atoms with E-state index in [4.69, 9.17) is 0 Å². The number of rotatable bonds is 7. The van der Waals surface area contributed by atoms with Crippen molar-refractivity contribution in [2.45, 2.75) is 39.2 Å². The van der Waals surface area contributed by atoms with E-state index in [0.29, 0.717) is 5.41 Å². The Morgan fingerprint density at radius 1 is 1.10 bits per heavy atom. The molecule has 0 aliphatic heterocycles. The van der Waals surface area contributed by atoms with E-state index >= 15 is 0 Å². The second kappa shape index (κ2) is 6.11. The first-order chi connectivity index (χ1) is 9.81. The highest BCUT2D eigenvalue weighted by atomic mass is 32.1. The predicted molar refractivity (Wildman–Crippen MR) is 88.0 cm³/mol. The maximum Gasteiger partial charge on any atom is 0.0346 e. The maximum atomic E-state index is 3.66. The lowest BCUT2D eigenvalue weighted by molar-refractivity contribution is 0.422. The summed E-state index contributed by atoms with van der Waals surface area (Å²) < 4.78 is 0. The molecule has 106 valence electrons. The molecule has 0 radical (unpaired) electrons. The standard InChI is InChI=1S/C18H23NS/c1-2-10-18(11-12-18)14-19-13-16-8-9-17(20-16)15-6-4-3-5-7-15/h3-9,19H,2,10-14H2,1H3. The quantitative estimate of drug-likeness (QED) is 0.747. The van der Waals surface area contributed by atoms with Crippen LogP contribution in [0.1, 0.15) is 37.5 Å². The van der Waals surface area contributed by atoms with Gasteiger partial charge in [0.2, 0.25) is 0 Å². The Labute approximate surface area is 126 Å². The number of nitrogens with one attached hydrogen (secondary N) is 1. The molecule has 1 aliphatic rings. The molecule has 3 rings (SSSR count). The third kappa shape index (κ3) is 3.31. The van der Waals surface area contributed by atoms with Gasteiger partial charge in [0.25, 0.3) is 0 Å². The van der Waals surface area contributed by atoms with E-state index in [2.05, 4.69) is 54.7 Å². The minimum absolute atomic E-state index is 0.647. The molecular formula is C18H23NS. The minimum Gasteiger partial charge on any atom is -0.311 e. The molecule has 0 amide bonds. The first-order valence-corrected chi connectivity index (χ1v) is 8.48. The highest BCUT2D eigenvalue weighted by Crippen LogP contribution is 2.49. The maximum absolute atomic E-state index is 3.66. The monoisotopic (exact) mass is 285 g/mol. The van der Waals surface area contributed by atoms with Gasteiger partial charge in [0.05, 0.1) is 0 Å². The Morgan fingerprint density at radius 2 is 1.90 bits per heavy atom. The van der Waals surface area contributed by atoms with Gasteiger partial charge in [-0.2, -0.15) is 0 Å². The molecule has 0 atom stereocenters. The van der Waals surface area contributed by atoms with Crippen LogP contribution in [0.4, 0.5) is 0 Å². The van der Waals surface area contributed by atoms with Crippen LogP contribution in [0.5, 0.6) is 0 Å². The molecule has 0 unspecified atom stereocenters. The summed E-state index contributed by atoms with van der Waals surface area (Å²) in [6, 6.07) is 15.2. The number of benzene rings is 1. The summed E-state index contributed by atoms with van der Waals surface area (Å²) in [6.07, 6.45) is 5.56. The highest BCUT2D eigenvalue weighted by molar-refractivity contribution is 7.15. The van der Waals surface area contributed by atoms with E-state index < -0.39 is 0 Å². The van der Waals surface area contributed by atoms with Crippen LogP contribution in [0.3, 0.4) is 0 Å². The molecule has 1 aromatic carbocycles. The van der Waals surface area contributed by atoms with Crippen LogP contribution in [-0.2, 0) is 6.54 Å². The van der Waals surface area contributed by atoms with E-state index in [0.717, 1.165) is 6.54 Å². The van der Waals surface area contributed by atoms with Crippen molar-refractivity contribution in [2.75, 3.05) is 6.54 Å². The van der Waals surface area contributed by atoms with Crippen LogP contribution in [-0.4, -0.2) is 6.54 Å². The third-order valence-corrected chi connectivity index (χ3v) is 5.39. The first kappa shape index (κ1) is 13.8. The summed E-state index contributed by atoms with van der Waals surface area (Å²) in [5.41, 5.74) is 1.97. The number of hydrogen-bond acceptors (Lipinski definition) is 2. The molecule has 2 heteroatoms. The summed E-state index contributed by atoms with van der Waals surface area (Å²) in [4.78, 5) is 2.81. The fraction of sp³-hybridized carbons (Fsp3) is 0.444. The number of hydrogen-bond donors (Lipinski definition) is 1. The lowest BCUT2D eigenvalue weighted by Gasteiger charge is -2.14. The SMILES string of the molecule is CCCC1(CNCc2ccc(-c3ccccc3)s2)CC1. The zero-order chi connectivity index (χ0) is 13.8. The summed E-state index contributed by atoms with van der Waals surface area (Å²) in [6.45, 7) is 4.51. The Kier molecular flexibility index (Phi) is 4.23. The van der Waals surface area contributed by atoms with Crippen LogP contribution in [0.2, 0.25) is 0 Å². The van der Waals surface area contributed by atoms with Crippen LogP contribution < -0.4 is 5.32 Å². The molecule has 1 nitrogen and oxygen atoms in total. The van der Waals surface area contributed by atoms with Crippen LogP contribution in [0, 0.1) is 5.41 Å². The van der Waals surface area contributed by atoms with E-state index in [1.54, 1.807) is 0 Å². The summed E-state index contributed by atoms with van der Waals surface area (Å²) >= 11 is 1.91. The lowest BCUT2D eigenvalue weighted by atomic mass is 10.0. The minimum atomic E-state index is 0.647. The van der Waals surface area contributed by atoms with Crippen molar-refractivity contribution in [3.05, 3.63) is 47.3 Å². The van der Waals surface area contributed by atoms with Gasteiger partial charge in [-0.1, -0.05) is 43.7 Å². The first-order valence-electron chi connectivity index (χ1n) is 7.66. The molecule has 1 fully saturated rings. The molecule has 1 heterocycles. The fourth-order valence-corrected chi connectivity index (χ4v) is 3.89. The molecule has 1 N–H and O–H groups in total. The van der Waals surface area contributed by atoms with E-state index in [1.807, 2.05) is 11.3 Å². The molecule has 1 aromatic heterocycles. The Hall–Kier alpha value is -1.12. The van der Waals surface area contributed by atoms with Crippen molar-refractivity contribution in [1.82, 2.24) is 5.32 Å². The molecule has 1 aliphatic carbocycles. The highest BCUT2D eigenvalue weighted by Gasteiger charge is 2.40. The number of thiophene rings is 1. The van der Waals surface area contributed by atoms with Gasteiger partial charge in [0.1, 0.15) is 0 Å². The Bertz CT molecular complexity index is 540. The average molecular weight is 285 g/mol. The summed E-state index contributed by atoms with van der Waals surface area (Å²) in [5, 5.41) is 3.66. The van der Waals surface area contributed by atoms with Gasteiger partial charge in [-0.05, 0) is 42.4 Å². The predicted octanol–water partition coefficient (Wildman–Crippen LogP) is 5.09. The van der Waals surface area contributed by atoms with Gasteiger partial charge in [-0.3, -0.25) is 0 Å². The molecular weight excluding hydrogens is 262 g/mol. The van der Waals surface area contributed by atoms with Crippen molar-refractivity contribution < 1.29 is 0 Å². The van der Waals surface area contributed by atoms with Crippen LogP contribution >= 0.6 is 11.3 Å². The van der Waals surface area contributed by atoms with Crippen LogP contribution in [0.25, 0.3) is 10.4 Å². The Balaban J connectivity index is 1.53. The molecule has 0 bridgehead atoms. The van der Waals surface area contributed by atoms with Gasteiger partial charge in [0.15, 0.2) is 0 Å². The molecule has 20 heavy (non-hydrogen) atoms. The molecule has 0 saturated heterocycles.